The molecule has 0 atom stereocenters. The SMILES string of the molecule is O=C(CCCl)c1cccc(CBr)c1SC(F)(F)F. The number of ketones is 1. The maximum Gasteiger partial charge on any atom is 0.446 e. The van der Waals surface area contributed by atoms with Crippen LogP contribution < -0.4 is 0 Å². The lowest BCUT2D eigenvalue weighted by Crippen LogP contribution is -2.08. The summed E-state index contributed by atoms with van der Waals surface area (Å²) in [7, 11) is 0. The van der Waals surface area contributed by atoms with Crippen molar-refractivity contribution in [2.24, 2.45) is 0 Å². The van der Waals surface area contributed by atoms with Crippen molar-refractivity contribution in [2.75, 3.05) is 5.88 Å². The molecule has 0 saturated heterocycles. The van der Waals surface area contributed by atoms with E-state index in [4.69, 9.17) is 11.6 Å². The van der Waals surface area contributed by atoms with Crippen molar-refractivity contribution in [3.63, 3.8) is 0 Å². The van der Waals surface area contributed by atoms with Gasteiger partial charge in [-0.1, -0.05) is 34.1 Å². The summed E-state index contributed by atoms with van der Waals surface area (Å²) >= 11 is 8.31. The van der Waals surface area contributed by atoms with Crippen LogP contribution in [0.25, 0.3) is 0 Å². The summed E-state index contributed by atoms with van der Waals surface area (Å²) in [5.41, 5.74) is -3.90. The third-order valence-corrected chi connectivity index (χ3v) is 3.79. The standard InChI is InChI=1S/C11H9BrClF3OS/c12-6-7-2-1-3-8(9(17)4-5-13)10(7)18-11(14,15)16/h1-3H,4-6H2. The number of thioether (sulfide) groups is 1. The fraction of sp³-hybridized carbons (Fsp3) is 0.364. The van der Waals surface area contributed by atoms with E-state index in [1.807, 2.05) is 0 Å². The van der Waals surface area contributed by atoms with Gasteiger partial charge in [-0.3, -0.25) is 4.79 Å². The molecule has 0 fully saturated rings. The average Bonchev–Trinajstić information content (AvgIpc) is 2.27. The first-order valence-corrected chi connectivity index (χ1v) is 7.39. The predicted octanol–water partition coefficient (Wildman–Crippen LogP) is 5.01. The van der Waals surface area contributed by atoms with E-state index in [0.717, 1.165) is 0 Å². The van der Waals surface area contributed by atoms with Crippen molar-refractivity contribution in [1.82, 2.24) is 0 Å². The van der Waals surface area contributed by atoms with E-state index < -0.39 is 5.51 Å². The van der Waals surface area contributed by atoms with Gasteiger partial charge in [0.25, 0.3) is 0 Å². The molecule has 0 amide bonds. The highest BCUT2D eigenvalue weighted by Crippen LogP contribution is 2.41. The van der Waals surface area contributed by atoms with Crippen LogP contribution in [-0.2, 0) is 5.33 Å². The van der Waals surface area contributed by atoms with Crippen LogP contribution in [0.5, 0.6) is 0 Å². The van der Waals surface area contributed by atoms with Gasteiger partial charge in [-0.2, -0.15) is 13.2 Å². The maximum absolute atomic E-state index is 12.5. The molecule has 1 aromatic carbocycles. The van der Waals surface area contributed by atoms with Gasteiger partial charge in [0, 0.05) is 28.1 Å². The Morgan fingerprint density at radius 3 is 2.56 bits per heavy atom. The van der Waals surface area contributed by atoms with Crippen molar-refractivity contribution in [1.29, 1.82) is 0 Å². The van der Waals surface area contributed by atoms with Crippen LogP contribution in [0, 0.1) is 0 Å². The molecule has 18 heavy (non-hydrogen) atoms. The van der Waals surface area contributed by atoms with Crippen molar-refractivity contribution in [3.05, 3.63) is 29.3 Å². The lowest BCUT2D eigenvalue weighted by molar-refractivity contribution is -0.0328. The van der Waals surface area contributed by atoms with E-state index in [1.165, 1.54) is 6.07 Å². The first-order chi connectivity index (χ1) is 8.39. The lowest BCUT2D eigenvalue weighted by Gasteiger charge is -2.13. The first-order valence-electron chi connectivity index (χ1n) is 4.91. The van der Waals surface area contributed by atoms with Crippen molar-refractivity contribution in [2.45, 2.75) is 22.2 Å². The molecule has 0 unspecified atom stereocenters. The van der Waals surface area contributed by atoms with E-state index in [1.54, 1.807) is 12.1 Å². The molecule has 0 heterocycles. The Labute approximate surface area is 120 Å². The fourth-order valence-electron chi connectivity index (χ4n) is 1.37. The van der Waals surface area contributed by atoms with Crippen LogP contribution in [0.2, 0.25) is 0 Å². The quantitative estimate of drug-likeness (QED) is 0.417. The zero-order valence-corrected chi connectivity index (χ0v) is 12.2. The van der Waals surface area contributed by atoms with Gasteiger partial charge < -0.3 is 0 Å². The molecule has 0 N–H and O–H groups in total. The molecule has 0 aromatic heterocycles. The van der Waals surface area contributed by atoms with Gasteiger partial charge in [0.1, 0.15) is 0 Å². The molecule has 0 bridgehead atoms. The second-order valence-electron chi connectivity index (χ2n) is 3.34. The summed E-state index contributed by atoms with van der Waals surface area (Å²) in [6, 6.07) is 4.52. The number of benzene rings is 1. The van der Waals surface area contributed by atoms with Crippen molar-refractivity contribution >= 4 is 45.1 Å². The van der Waals surface area contributed by atoms with Gasteiger partial charge in [0.05, 0.1) is 0 Å². The average molecular weight is 362 g/mol. The molecule has 0 saturated carbocycles. The van der Waals surface area contributed by atoms with Crippen LogP contribution in [0.15, 0.2) is 23.1 Å². The molecular weight excluding hydrogens is 353 g/mol. The number of alkyl halides is 5. The van der Waals surface area contributed by atoms with Gasteiger partial charge in [-0.25, -0.2) is 0 Å². The molecule has 1 aromatic rings. The molecule has 1 nitrogen and oxygen atoms in total. The van der Waals surface area contributed by atoms with E-state index in [-0.39, 0.29) is 45.6 Å². The molecule has 0 aliphatic heterocycles. The van der Waals surface area contributed by atoms with E-state index in [9.17, 15) is 18.0 Å². The zero-order chi connectivity index (χ0) is 13.8. The largest absolute Gasteiger partial charge is 0.446 e. The lowest BCUT2D eigenvalue weighted by atomic mass is 10.1. The first kappa shape index (κ1) is 15.9. The molecule has 100 valence electrons. The molecule has 0 aliphatic carbocycles. The predicted molar refractivity (Wildman–Crippen MR) is 70.7 cm³/mol. The van der Waals surface area contributed by atoms with Crippen LogP contribution in [0.4, 0.5) is 13.2 Å². The van der Waals surface area contributed by atoms with Crippen molar-refractivity contribution in [3.8, 4) is 0 Å². The Balaban J connectivity index is 3.20. The second-order valence-corrected chi connectivity index (χ2v) is 5.35. The second kappa shape index (κ2) is 6.82. The number of hydrogen-bond acceptors (Lipinski definition) is 2. The number of Topliss-reactive ketones (excluding diaryl/α,β-unsaturated/α-hetero) is 1. The normalized spacial score (nSPS) is 11.6. The summed E-state index contributed by atoms with van der Waals surface area (Å²) in [5, 5.41) is 0.257. The van der Waals surface area contributed by atoms with Gasteiger partial charge >= 0.3 is 5.51 Å². The third-order valence-electron chi connectivity index (χ3n) is 2.08. The van der Waals surface area contributed by atoms with E-state index in [0.29, 0.717) is 5.56 Å². The van der Waals surface area contributed by atoms with Crippen LogP contribution in [0.1, 0.15) is 22.3 Å². The summed E-state index contributed by atoms with van der Waals surface area (Å²) in [6.07, 6.45) is 0.0265. The fourth-order valence-corrected chi connectivity index (χ4v) is 2.99. The Bertz CT molecular complexity index is 437. The van der Waals surface area contributed by atoms with Gasteiger partial charge in [-0.05, 0) is 17.3 Å². The minimum atomic E-state index is -4.42. The highest BCUT2D eigenvalue weighted by molar-refractivity contribution is 9.08. The van der Waals surface area contributed by atoms with Crippen LogP contribution >= 0.6 is 39.3 Å². The molecule has 0 spiro atoms. The Morgan fingerprint density at radius 1 is 1.39 bits per heavy atom. The monoisotopic (exact) mass is 360 g/mol. The topological polar surface area (TPSA) is 17.1 Å². The summed E-state index contributed by atoms with van der Waals surface area (Å²) in [5.74, 6) is -0.285. The highest BCUT2D eigenvalue weighted by atomic mass is 79.9. The Kier molecular flexibility index (Phi) is 6.01. The molecule has 1 rings (SSSR count). The summed E-state index contributed by atoms with van der Waals surface area (Å²) in [4.78, 5) is 11.7. The van der Waals surface area contributed by atoms with Gasteiger partial charge in [0.2, 0.25) is 0 Å². The molecule has 7 heteroatoms. The third kappa shape index (κ3) is 4.48. The smallest absolute Gasteiger partial charge is 0.294 e. The minimum Gasteiger partial charge on any atom is -0.294 e. The van der Waals surface area contributed by atoms with E-state index in [2.05, 4.69) is 15.9 Å². The summed E-state index contributed by atoms with van der Waals surface area (Å²) < 4.78 is 37.5. The minimum absolute atomic E-state index is 0.0265. The number of hydrogen-bond donors (Lipinski definition) is 0. The Morgan fingerprint density at radius 2 is 2.06 bits per heavy atom. The maximum atomic E-state index is 12.5. The molecule has 0 radical (unpaired) electrons. The van der Waals surface area contributed by atoms with E-state index >= 15 is 0 Å². The number of carbonyl (C=O) groups is 1. The zero-order valence-electron chi connectivity index (χ0n) is 9.06. The number of rotatable bonds is 5. The van der Waals surface area contributed by atoms with Crippen molar-refractivity contribution < 1.29 is 18.0 Å². The molecular formula is C11H9BrClF3OS. The van der Waals surface area contributed by atoms with Gasteiger partial charge in [0.15, 0.2) is 5.78 Å². The summed E-state index contributed by atoms with van der Waals surface area (Å²) in [6.45, 7) is 0. The van der Waals surface area contributed by atoms with Crippen LogP contribution in [0.3, 0.4) is 0 Å². The van der Waals surface area contributed by atoms with Gasteiger partial charge in [-0.15, -0.1) is 11.6 Å². The number of carbonyl (C=O) groups excluding carboxylic acids is 1. The van der Waals surface area contributed by atoms with Crippen LogP contribution in [-0.4, -0.2) is 17.2 Å². The molecule has 0 aliphatic rings. The Hall–Kier alpha value is -0.200. The highest BCUT2D eigenvalue weighted by Gasteiger charge is 2.32. The number of halogens is 5.